The van der Waals surface area contributed by atoms with Crippen molar-refractivity contribution in [2.45, 2.75) is 6.54 Å². The maximum Gasteiger partial charge on any atom is 0.331 e. The van der Waals surface area contributed by atoms with Crippen LogP contribution in [0.2, 0.25) is 5.02 Å². The highest BCUT2D eigenvalue weighted by atomic mass is 35.5. The summed E-state index contributed by atoms with van der Waals surface area (Å²) in [5.41, 5.74) is 0.621. The number of esters is 1. The molecule has 1 heterocycles. The van der Waals surface area contributed by atoms with Crippen LogP contribution < -0.4 is 9.47 Å². The molecule has 0 unspecified atom stereocenters. The van der Waals surface area contributed by atoms with Crippen molar-refractivity contribution >= 4 is 29.6 Å². The van der Waals surface area contributed by atoms with Gasteiger partial charge in [0.1, 0.15) is 5.76 Å². The van der Waals surface area contributed by atoms with Crippen LogP contribution in [0.25, 0.3) is 6.08 Å². The number of carbonyl (C=O) groups is 2. The highest BCUT2D eigenvalue weighted by Gasteiger charge is 2.13. The van der Waals surface area contributed by atoms with E-state index in [-0.39, 0.29) is 12.5 Å². The fourth-order valence-electron chi connectivity index (χ4n) is 2.21. The lowest BCUT2D eigenvalue weighted by Gasteiger charge is -2.15. The number of carbonyl (C=O) groups excluding carboxylic acids is 2. The average Bonchev–Trinajstić information content (AvgIpc) is 3.16. The molecule has 7 nitrogen and oxygen atoms in total. The fourth-order valence-corrected chi connectivity index (χ4v) is 2.51. The van der Waals surface area contributed by atoms with Crippen molar-refractivity contribution in [3.05, 3.63) is 53.0 Å². The topological polar surface area (TPSA) is 78.2 Å². The minimum Gasteiger partial charge on any atom is -0.493 e. The summed E-state index contributed by atoms with van der Waals surface area (Å²) in [4.78, 5) is 25.2. The molecular formula is C19H20ClNO6. The first kappa shape index (κ1) is 20.4. The number of halogens is 1. The second-order valence-electron chi connectivity index (χ2n) is 5.51. The Labute approximate surface area is 162 Å². The van der Waals surface area contributed by atoms with Gasteiger partial charge in [0.15, 0.2) is 18.1 Å². The lowest BCUT2D eigenvalue weighted by molar-refractivity contribution is -0.147. The van der Waals surface area contributed by atoms with E-state index in [1.165, 1.54) is 37.5 Å². The summed E-state index contributed by atoms with van der Waals surface area (Å²) in [5, 5.41) is 0.347. The van der Waals surface area contributed by atoms with Crippen LogP contribution in [0.1, 0.15) is 11.3 Å². The van der Waals surface area contributed by atoms with Gasteiger partial charge in [-0.1, -0.05) is 11.6 Å². The first-order valence-corrected chi connectivity index (χ1v) is 8.35. The molecule has 27 heavy (non-hydrogen) atoms. The van der Waals surface area contributed by atoms with Gasteiger partial charge >= 0.3 is 5.97 Å². The molecule has 1 aromatic heterocycles. The molecule has 0 spiro atoms. The molecule has 2 rings (SSSR count). The molecule has 0 atom stereocenters. The quantitative estimate of drug-likeness (QED) is 0.506. The maximum atomic E-state index is 12.0. The van der Waals surface area contributed by atoms with Crippen molar-refractivity contribution in [3.63, 3.8) is 0 Å². The number of rotatable bonds is 8. The van der Waals surface area contributed by atoms with Gasteiger partial charge in [-0.05, 0) is 35.9 Å². The van der Waals surface area contributed by atoms with Crippen LogP contribution in [0.4, 0.5) is 0 Å². The summed E-state index contributed by atoms with van der Waals surface area (Å²) >= 11 is 6.11. The molecule has 2 aromatic rings. The molecule has 0 saturated heterocycles. The van der Waals surface area contributed by atoms with Crippen LogP contribution in [0.5, 0.6) is 11.5 Å². The van der Waals surface area contributed by atoms with Crippen LogP contribution in [0.15, 0.2) is 41.0 Å². The molecule has 8 heteroatoms. The largest absolute Gasteiger partial charge is 0.493 e. The van der Waals surface area contributed by atoms with E-state index in [2.05, 4.69) is 0 Å². The van der Waals surface area contributed by atoms with Gasteiger partial charge in [0.25, 0.3) is 5.91 Å². The van der Waals surface area contributed by atoms with E-state index in [0.717, 1.165) is 0 Å². The van der Waals surface area contributed by atoms with Gasteiger partial charge in [0.2, 0.25) is 0 Å². The van der Waals surface area contributed by atoms with Crippen LogP contribution in [-0.2, 0) is 20.9 Å². The second-order valence-corrected chi connectivity index (χ2v) is 5.92. The number of nitrogens with zero attached hydrogens (tertiary/aromatic N) is 1. The predicted molar refractivity (Wildman–Crippen MR) is 99.7 cm³/mol. The molecule has 0 aliphatic heterocycles. The van der Waals surface area contributed by atoms with Crippen LogP contribution >= 0.6 is 11.6 Å². The number of methoxy groups -OCH3 is 2. The number of furan rings is 1. The zero-order chi connectivity index (χ0) is 19.8. The zero-order valence-corrected chi connectivity index (χ0v) is 16.0. The van der Waals surface area contributed by atoms with E-state index in [1.807, 2.05) is 0 Å². The Hall–Kier alpha value is -2.93. The van der Waals surface area contributed by atoms with Crippen LogP contribution in [-0.4, -0.2) is 44.7 Å². The summed E-state index contributed by atoms with van der Waals surface area (Å²) in [5.74, 6) is 0.488. The van der Waals surface area contributed by atoms with Crippen molar-refractivity contribution in [1.82, 2.24) is 4.90 Å². The molecule has 144 valence electrons. The summed E-state index contributed by atoms with van der Waals surface area (Å²) in [6, 6.07) is 6.78. The third-order valence-electron chi connectivity index (χ3n) is 3.60. The van der Waals surface area contributed by atoms with Crippen molar-refractivity contribution in [1.29, 1.82) is 0 Å². The monoisotopic (exact) mass is 393 g/mol. The Morgan fingerprint density at radius 1 is 1.26 bits per heavy atom. The number of hydrogen-bond acceptors (Lipinski definition) is 6. The molecule has 0 radical (unpaired) electrons. The molecule has 0 bridgehead atoms. The van der Waals surface area contributed by atoms with E-state index in [0.29, 0.717) is 34.4 Å². The van der Waals surface area contributed by atoms with Crippen LogP contribution in [0, 0.1) is 0 Å². The van der Waals surface area contributed by atoms with E-state index >= 15 is 0 Å². The van der Waals surface area contributed by atoms with Gasteiger partial charge in [-0.15, -0.1) is 0 Å². The summed E-state index contributed by atoms with van der Waals surface area (Å²) < 4.78 is 20.5. The molecule has 0 fully saturated rings. The van der Waals surface area contributed by atoms with E-state index in [9.17, 15) is 9.59 Å². The molecule has 0 aliphatic carbocycles. The maximum absolute atomic E-state index is 12.0. The highest BCUT2D eigenvalue weighted by molar-refractivity contribution is 6.32. The van der Waals surface area contributed by atoms with Crippen molar-refractivity contribution in [3.8, 4) is 11.5 Å². The number of ether oxygens (including phenoxy) is 3. The zero-order valence-electron chi connectivity index (χ0n) is 15.2. The molecule has 0 N–H and O–H groups in total. The first-order valence-electron chi connectivity index (χ1n) is 7.97. The SMILES string of the molecule is COc1cc(/C=C/C(=O)OCC(=O)N(C)Cc2ccco2)cc(Cl)c1OC. The predicted octanol–water partition coefficient (Wildman–Crippen LogP) is 3.17. The summed E-state index contributed by atoms with van der Waals surface area (Å²) in [6.07, 6.45) is 4.24. The van der Waals surface area contributed by atoms with Gasteiger partial charge in [0.05, 0.1) is 32.1 Å². The smallest absolute Gasteiger partial charge is 0.331 e. The third kappa shape index (κ3) is 5.79. The van der Waals surface area contributed by atoms with Crippen molar-refractivity contribution < 1.29 is 28.2 Å². The van der Waals surface area contributed by atoms with Gasteiger partial charge in [-0.3, -0.25) is 4.79 Å². The molecule has 0 saturated carbocycles. The summed E-state index contributed by atoms with van der Waals surface area (Å²) in [6.45, 7) is -0.0730. The van der Waals surface area contributed by atoms with E-state index in [4.69, 9.17) is 30.2 Å². The third-order valence-corrected chi connectivity index (χ3v) is 3.89. The standard InChI is InChI=1S/C19H20ClNO6/c1-21(11-14-5-4-8-26-14)17(22)12-27-18(23)7-6-13-9-15(20)19(25-3)16(10-13)24-2/h4-10H,11-12H2,1-3H3/b7-6+. The highest BCUT2D eigenvalue weighted by Crippen LogP contribution is 2.36. The minimum atomic E-state index is -0.652. The van der Waals surface area contributed by atoms with Crippen molar-refractivity contribution in [2.75, 3.05) is 27.9 Å². The van der Waals surface area contributed by atoms with Crippen LogP contribution in [0.3, 0.4) is 0 Å². The Balaban J connectivity index is 1.89. The number of hydrogen-bond donors (Lipinski definition) is 0. The minimum absolute atomic E-state index is 0.295. The second kappa shape index (κ2) is 9.68. The van der Waals surface area contributed by atoms with Crippen molar-refractivity contribution in [2.24, 2.45) is 0 Å². The number of benzene rings is 1. The Kier molecular flexibility index (Phi) is 7.31. The van der Waals surface area contributed by atoms with E-state index < -0.39 is 5.97 Å². The Bertz CT molecular complexity index is 816. The Morgan fingerprint density at radius 3 is 2.67 bits per heavy atom. The molecule has 0 aliphatic rings. The van der Waals surface area contributed by atoms with E-state index in [1.54, 1.807) is 31.3 Å². The molecular weight excluding hydrogens is 374 g/mol. The van der Waals surface area contributed by atoms with Gasteiger partial charge in [0, 0.05) is 13.1 Å². The number of amides is 1. The molecule has 1 aromatic carbocycles. The number of likely N-dealkylation sites (N-methyl/N-ethyl adjacent to an activating group) is 1. The van der Waals surface area contributed by atoms with Gasteiger partial charge < -0.3 is 23.5 Å². The van der Waals surface area contributed by atoms with Gasteiger partial charge in [-0.25, -0.2) is 4.79 Å². The molecule has 1 amide bonds. The lowest BCUT2D eigenvalue weighted by atomic mass is 10.2. The first-order chi connectivity index (χ1) is 12.9. The Morgan fingerprint density at radius 2 is 2.04 bits per heavy atom. The van der Waals surface area contributed by atoms with Gasteiger partial charge in [-0.2, -0.15) is 0 Å². The fraction of sp³-hybridized carbons (Fsp3) is 0.263. The normalized spacial score (nSPS) is 10.7. The lowest BCUT2D eigenvalue weighted by Crippen LogP contribution is -2.30. The average molecular weight is 394 g/mol. The summed E-state index contributed by atoms with van der Waals surface area (Å²) in [7, 11) is 4.57.